The largest absolute Gasteiger partial charge is 0.350 e. The van der Waals surface area contributed by atoms with Gasteiger partial charge in [0.2, 0.25) is 0 Å². The number of benzene rings is 3. The van der Waals surface area contributed by atoms with Crippen LogP contribution in [0.3, 0.4) is 0 Å². The molecule has 0 aliphatic carbocycles. The van der Waals surface area contributed by atoms with Gasteiger partial charge in [-0.1, -0.05) is 60.7 Å². The number of rotatable bonds is 3. The Hall–Kier alpha value is -2.75. The van der Waals surface area contributed by atoms with Gasteiger partial charge in [-0.05, 0) is 22.9 Å². The first-order valence-electron chi connectivity index (χ1n) is 6.81. The molecule has 3 rings (SSSR count). The monoisotopic (exact) mass is 297 g/mol. The molecule has 0 saturated carbocycles. The van der Waals surface area contributed by atoms with Crippen molar-refractivity contribution in [3.63, 3.8) is 0 Å². The van der Waals surface area contributed by atoms with E-state index in [1.807, 2.05) is 0 Å². The summed E-state index contributed by atoms with van der Waals surface area (Å²) in [6.07, 6.45) is 0. The van der Waals surface area contributed by atoms with Crippen LogP contribution in [0, 0.1) is 0 Å². The molecule has 22 heavy (non-hydrogen) atoms. The number of hydrogen-bond donors (Lipinski definition) is 1. The lowest BCUT2D eigenvalue weighted by Crippen LogP contribution is -2.32. The lowest BCUT2D eigenvalue weighted by atomic mass is 9.99. The SMILES string of the molecule is O=C(Nc1ccccc1)C(F)(F)c1cccc2ccccc12. The molecule has 0 aromatic heterocycles. The molecule has 1 amide bonds. The van der Waals surface area contributed by atoms with Crippen molar-refractivity contribution >= 4 is 22.4 Å². The molecule has 0 spiro atoms. The van der Waals surface area contributed by atoms with Gasteiger partial charge in [0.05, 0.1) is 0 Å². The third-order valence-corrected chi connectivity index (χ3v) is 3.44. The van der Waals surface area contributed by atoms with E-state index in [9.17, 15) is 13.6 Å². The van der Waals surface area contributed by atoms with Crippen molar-refractivity contribution in [2.45, 2.75) is 5.92 Å². The highest BCUT2D eigenvalue weighted by molar-refractivity contribution is 6.00. The highest BCUT2D eigenvalue weighted by atomic mass is 19.3. The first kappa shape index (κ1) is 14.2. The van der Waals surface area contributed by atoms with Crippen molar-refractivity contribution in [2.24, 2.45) is 0 Å². The first-order chi connectivity index (χ1) is 10.6. The molecule has 0 heterocycles. The molecule has 0 atom stereocenters. The van der Waals surface area contributed by atoms with Gasteiger partial charge < -0.3 is 5.32 Å². The third kappa shape index (κ3) is 2.55. The van der Waals surface area contributed by atoms with Crippen LogP contribution in [0.15, 0.2) is 72.8 Å². The minimum atomic E-state index is -3.61. The second kappa shape index (κ2) is 5.56. The van der Waals surface area contributed by atoms with Gasteiger partial charge in [-0.3, -0.25) is 4.79 Å². The number of alkyl halides is 2. The van der Waals surface area contributed by atoms with Crippen LogP contribution in [-0.4, -0.2) is 5.91 Å². The van der Waals surface area contributed by atoms with Crippen LogP contribution in [0.4, 0.5) is 14.5 Å². The van der Waals surface area contributed by atoms with Crippen LogP contribution in [0.25, 0.3) is 10.8 Å². The Morgan fingerprint density at radius 2 is 1.45 bits per heavy atom. The zero-order chi connectivity index (χ0) is 15.6. The van der Waals surface area contributed by atoms with E-state index in [1.54, 1.807) is 60.7 Å². The fourth-order valence-electron chi connectivity index (χ4n) is 2.35. The summed E-state index contributed by atoms with van der Waals surface area (Å²) in [5, 5.41) is 3.30. The second-order valence-corrected chi connectivity index (χ2v) is 4.92. The van der Waals surface area contributed by atoms with Crippen molar-refractivity contribution in [3.05, 3.63) is 78.4 Å². The molecule has 3 aromatic rings. The summed E-state index contributed by atoms with van der Waals surface area (Å²) in [6.45, 7) is 0. The average molecular weight is 297 g/mol. The van der Waals surface area contributed by atoms with E-state index in [0.29, 0.717) is 16.5 Å². The van der Waals surface area contributed by atoms with E-state index < -0.39 is 11.8 Å². The highest BCUT2D eigenvalue weighted by Gasteiger charge is 2.42. The average Bonchev–Trinajstić information content (AvgIpc) is 2.55. The van der Waals surface area contributed by atoms with Crippen molar-refractivity contribution in [1.29, 1.82) is 0 Å². The summed E-state index contributed by atoms with van der Waals surface area (Å²) in [5.74, 6) is -4.95. The molecule has 0 radical (unpaired) electrons. The zero-order valence-electron chi connectivity index (χ0n) is 11.6. The first-order valence-corrected chi connectivity index (χ1v) is 6.81. The maximum absolute atomic E-state index is 14.6. The molecule has 4 heteroatoms. The molecule has 110 valence electrons. The van der Waals surface area contributed by atoms with E-state index in [0.717, 1.165) is 0 Å². The van der Waals surface area contributed by atoms with E-state index >= 15 is 0 Å². The minimum Gasteiger partial charge on any atom is -0.321 e. The van der Waals surface area contributed by atoms with E-state index in [2.05, 4.69) is 5.32 Å². The van der Waals surface area contributed by atoms with Crippen LogP contribution >= 0.6 is 0 Å². The molecule has 0 aliphatic rings. The summed E-state index contributed by atoms with van der Waals surface area (Å²) in [4.78, 5) is 12.0. The number of anilines is 1. The van der Waals surface area contributed by atoms with E-state index in [1.165, 1.54) is 12.1 Å². The van der Waals surface area contributed by atoms with Crippen LogP contribution in [-0.2, 0) is 10.7 Å². The molecular formula is C18H13F2NO. The Morgan fingerprint density at radius 1 is 0.818 bits per heavy atom. The normalized spacial score (nSPS) is 11.4. The van der Waals surface area contributed by atoms with Gasteiger partial charge in [0.15, 0.2) is 0 Å². The minimum absolute atomic E-state index is 0.293. The van der Waals surface area contributed by atoms with Crippen LogP contribution in [0.1, 0.15) is 5.56 Å². The van der Waals surface area contributed by atoms with Crippen molar-refractivity contribution in [2.75, 3.05) is 5.32 Å². The predicted molar refractivity (Wildman–Crippen MR) is 82.9 cm³/mol. The molecule has 0 fully saturated rings. The fourth-order valence-corrected chi connectivity index (χ4v) is 2.35. The van der Waals surface area contributed by atoms with Crippen LogP contribution < -0.4 is 5.32 Å². The second-order valence-electron chi connectivity index (χ2n) is 4.92. The van der Waals surface area contributed by atoms with Gasteiger partial charge in [0, 0.05) is 11.3 Å². The number of halogens is 2. The summed E-state index contributed by atoms with van der Waals surface area (Å²) < 4.78 is 29.1. The molecule has 3 aromatic carbocycles. The molecule has 0 bridgehead atoms. The number of amides is 1. The highest BCUT2D eigenvalue weighted by Crippen LogP contribution is 2.34. The number of fused-ring (bicyclic) bond motifs is 1. The molecule has 0 saturated heterocycles. The molecular weight excluding hydrogens is 284 g/mol. The zero-order valence-corrected chi connectivity index (χ0v) is 11.6. The van der Waals surface area contributed by atoms with Crippen LogP contribution in [0.2, 0.25) is 0 Å². The quantitative estimate of drug-likeness (QED) is 0.754. The standard InChI is InChI=1S/C18H13F2NO/c19-18(20,17(22)21-14-9-2-1-3-10-14)16-12-6-8-13-7-4-5-11-15(13)16/h1-12H,(H,21,22). The van der Waals surface area contributed by atoms with Gasteiger partial charge in [-0.25, -0.2) is 0 Å². The summed E-state index contributed by atoms with van der Waals surface area (Å²) in [5.41, 5.74) is 0.0476. The Kier molecular flexibility index (Phi) is 3.59. The molecule has 1 N–H and O–H groups in total. The summed E-state index contributed by atoms with van der Waals surface area (Å²) in [7, 11) is 0. The van der Waals surface area contributed by atoms with Gasteiger partial charge in [0.25, 0.3) is 5.91 Å². The van der Waals surface area contributed by atoms with E-state index in [-0.39, 0.29) is 5.56 Å². The lowest BCUT2D eigenvalue weighted by Gasteiger charge is -2.18. The van der Waals surface area contributed by atoms with Gasteiger partial charge in [-0.15, -0.1) is 0 Å². The topological polar surface area (TPSA) is 29.1 Å². The predicted octanol–water partition coefficient (Wildman–Crippen LogP) is 4.57. The molecule has 0 aliphatic heterocycles. The maximum Gasteiger partial charge on any atom is 0.350 e. The Labute approximate surface area is 126 Å². The summed E-state index contributed by atoms with van der Waals surface area (Å²) in [6, 6.07) is 19.6. The number of para-hydroxylation sites is 1. The number of nitrogens with one attached hydrogen (secondary N) is 1. The lowest BCUT2D eigenvalue weighted by molar-refractivity contribution is -0.140. The summed E-state index contributed by atoms with van der Waals surface area (Å²) >= 11 is 0. The Bertz CT molecular complexity index is 810. The fraction of sp³-hybridized carbons (Fsp3) is 0.0556. The molecule has 0 unspecified atom stereocenters. The van der Waals surface area contributed by atoms with E-state index in [4.69, 9.17) is 0 Å². The Balaban J connectivity index is 1.99. The number of hydrogen-bond acceptors (Lipinski definition) is 1. The van der Waals surface area contributed by atoms with Crippen LogP contribution in [0.5, 0.6) is 0 Å². The Morgan fingerprint density at radius 3 is 2.23 bits per heavy atom. The van der Waals surface area contributed by atoms with Crippen molar-refractivity contribution < 1.29 is 13.6 Å². The number of carbonyl (C=O) groups is 1. The maximum atomic E-state index is 14.6. The molecule has 2 nitrogen and oxygen atoms in total. The van der Waals surface area contributed by atoms with Crippen molar-refractivity contribution in [3.8, 4) is 0 Å². The van der Waals surface area contributed by atoms with Crippen molar-refractivity contribution in [1.82, 2.24) is 0 Å². The number of carbonyl (C=O) groups excluding carboxylic acids is 1. The van der Waals surface area contributed by atoms with Gasteiger partial charge >= 0.3 is 5.92 Å². The van der Waals surface area contributed by atoms with Gasteiger partial charge in [-0.2, -0.15) is 8.78 Å². The smallest absolute Gasteiger partial charge is 0.321 e. The third-order valence-electron chi connectivity index (χ3n) is 3.44. The van der Waals surface area contributed by atoms with Gasteiger partial charge in [0.1, 0.15) is 0 Å².